The van der Waals surface area contributed by atoms with Crippen LogP contribution < -0.4 is 11.3 Å². The summed E-state index contributed by atoms with van der Waals surface area (Å²) < 4.78 is 7.50. The topological polar surface area (TPSA) is 65.1 Å². The fourth-order valence-electron chi connectivity index (χ4n) is 2.42. The van der Waals surface area contributed by atoms with Crippen LogP contribution in [0, 0.1) is 0 Å². The number of aryl methyl sites for hydroxylation is 1. The standard InChI is InChI=1S/C15H24N4O/c1-3-20-10-6-7-12(18-16)11-15-17-13-8-4-5-9-14(13)19(15)2/h4-5,8-9,12,18H,3,6-7,10-11,16H2,1-2H3. The number of ether oxygens (including phenoxy) is 1. The number of nitrogens with one attached hydrogen (secondary N) is 1. The predicted molar refractivity (Wildman–Crippen MR) is 81.3 cm³/mol. The van der Waals surface area contributed by atoms with Crippen molar-refractivity contribution in [3.8, 4) is 0 Å². The van der Waals surface area contributed by atoms with Gasteiger partial charge in [-0.1, -0.05) is 12.1 Å². The zero-order valence-electron chi connectivity index (χ0n) is 12.3. The van der Waals surface area contributed by atoms with E-state index < -0.39 is 0 Å². The molecule has 110 valence electrons. The molecule has 0 spiro atoms. The van der Waals surface area contributed by atoms with Crippen LogP contribution in [0.25, 0.3) is 11.0 Å². The van der Waals surface area contributed by atoms with Gasteiger partial charge in [-0.3, -0.25) is 11.3 Å². The van der Waals surface area contributed by atoms with E-state index in [0.717, 1.165) is 49.3 Å². The number of para-hydroxylation sites is 2. The molecule has 0 radical (unpaired) electrons. The third-order valence-corrected chi connectivity index (χ3v) is 3.59. The average Bonchev–Trinajstić information content (AvgIpc) is 2.79. The minimum absolute atomic E-state index is 0.228. The molecule has 0 bridgehead atoms. The molecule has 1 unspecified atom stereocenters. The van der Waals surface area contributed by atoms with E-state index in [4.69, 9.17) is 10.6 Å². The number of fused-ring (bicyclic) bond motifs is 1. The highest BCUT2D eigenvalue weighted by atomic mass is 16.5. The monoisotopic (exact) mass is 276 g/mol. The second kappa shape index (κ2) is 7.38. The molecule has 1 aromatic heterocycles. The second-order valence-electron chi connectivity index (χ2n) is 4.98. The Kier molecular flexibility index (Phi) is 5.52. The number of nitrogens with zero attached hydrogens (tertiary/aromatic N) is 2. The van der Waals surface area contributed by atoms with Crippen LogP contribution in [0.2, 0.25) is 0 Å². The molecular weight excluding hydrogens is 252 g/mol. The Hall–Kier alpha value is -1.43. The van der Waals surface area contributed by atoms with Crippen molar-refractivity contribution < 1.29 is 4.74 Å². The molecule has 0 aliphatic heterocycles. The summed E-state index contributed by atoms with van der Waals surface area (Å²) in [4.78, 5) is 4.68. The van der Waals surface area contributed by atoms with Gasteiger partial charge in [-0.25, -0.2) is 4.98 Å². The van der Waals surface area contributed by atoms with Crippen molar-refractivity contribution in [1.29, 1.82) is 0 Å². The summed E-state index contributed by atoms with van der Waals surface area (Å²) in [6.45, 7) is 3.57. The van der Waals surface area contributed by atoms with Gasteiger partial charge in [-0.2, -0.15) is 0 Å². The Morgan fingerprint density at radius 2 is 2.20 bits per heavy atom. The van der Waals surface area contributed by atoms with E-state index in [-0.39, 0.29) is 6.04 Å². The summed E-state index contributed by atoms with van der Waals surface area (Å²) in [5.41, 5.74) is 5.09. The minimum Gasteiger partial charge on any atom is -0.382 e. The molecule has 3 N–H and O–H groups in total. The molecule has 1 heterocycles. The molecule has 0 saturated carbocycles. The van der Waals surface area contributed by atoms with Crippen LogP contribution in [0.1, 0.15) is 25.6 Å². The Balaban J connectivity index is 2.00. The lowest BCUT2D eigenvalue weighted by molar-refractivity contribution is 0.140. The third kappa shape index (κ3) is 3.56. The van der Waals surface area contributed by atoms with Gasteiger partial charge in [0.2, 0.25) is 0 Å². The van der Waals surface area contributed by atoms with Gasteiger partial charge in [-0.15, -0.1) is 0 Å². The van der Waals surface area contributed by atoms with Crippen LogP contribution in [0.15, 0.2) is 24.3 Å². The molecule has 5 heteroatoms. The van der Waals surface area contributed by atoms with Crippen LogP contribution in [0.4, 0.5) is 0 Å². The normalized spacial score (nSPS) is 12.9. The first-order chi connectivity index (χ1) is 9.76. The molecule has 0 saturated heterocycles. The maximum atomic E-state index is 5.65. The third-order valence-electron chi connectivity index (χ3n) is 3.59. The number of rotatable bonds is 8. The van der Waals surface area contributed by atoms with Gasteiger partial charge in [0.05, 0.1) is 11.0 Å². The molecular formula is C15H24N4O. The zero-order chi connectivity index (χ0) is 14.4. The molecule has 0 aliphatic rings. The number of nitrogens with two attached hydrogens (primary N) is 1. The van der Waals surface area contributed by atoms with Crippen molar-refractivity contribution in [1.82, 2.24) is 15.0 Å². The van der Waals surface area contributed by atoms with Crippen LogP contribution >= 0.6 is 0 Å². The van der Waals surface area contributed by atoms with Gasteiger partial charge in [-0.05, 0) is 31.9 Å². The summed E-state index contributed by atoms with van der Waals surface area (Å²) in [6.07, 6.45) is 2.82. The van der Waals surface area contributed by atoms with Gasteiger partial charge < -0.3 is 9.30 Å². The lowest BCUT2D eigenvalue weighted by Gasteiger charge is -2.15. The molecule has 0 amide bonds. The number of hydrogen-bond donors (Lipinski definition) is 2. The van der Waals surface area contributed by atoms with Crippen molar-refractivity contribution >= 4 is 11.0 Å². The number of benzene rings is 1. The Morgan fingerprint density at radius 1 is 1.40 bits per heavy atom. The minimum atomic E-state index is 0.228. The van der Waals surface area contributed by atoms with Crippen molar-refractivity contribution in [3.05, 3.63) is 30.1 Å². The van der Waals surface area contributed by atoms with E-state index in [2.05, 4.69) is 28.1 Å². The maximum absolute atomic E-state index is 5.65. The van der Waals surface area contributed by atoms with E-state index in [0.29, 0.717) is 0 Å². The summed E-state index contributed by atoms with van der Waals surface area (Å²) in [6, 6.07) is 8.41. The fraction of sp³-hybridized carbons (Fsp3) is 0.533. The lowest BCUT2D eigenvalue weighted by Crippen LogP contribution is -2.37. The van der Waals surface area contributed by atoms with Crippen LogP contribution in [-0.4, -0.2) is 28.8 Å². The Labute approximate surface area is 120 Å². The highest BCUT2D eigenvalue weighted by Crippen LogP contribution is 2.16. The average molecular weight is 276 g/mol. The van der Waals surface area contributed by atoms with Gasteiger partial charge in [0, 0.05) is 32.7 Å². The first-order valence-corrected chi connectivity index (χ1v) is 7.20. The maximum Gasteiger partial charge on any atom is 0.111 e. The molecule has 1 aromatic carbocycles. The highest BCUT2D eigenvalue weighted by molar-refractivity contribution is 5.75. The SMILES string of the molecule is CCOCCCC(Cc1nc2ccccc2n1C)NN. The van der Waals surface area contributed by atoms with Crippen LogP contribution in [-0.2, 0) is 18.2 Å². The quantitative estimate of drug-likeness (QED) is 0.438. The van der Waals surface area contributed by atoms with Crippen LogP contribution in [0.5, 0.6) is 0 Å². The van der Waals surface area contributed by atoms with Gasteiger partial charge in [0.25, 0.3) is 0 Å². The van der Waals surface area contributed by atoms with E-state index in [9.17, 15) is 0 Å². The van der Waals surface area contributed by atoms with Gasteiger partial charge in [0.15, 0.2) is 0 Å². The second-order valence-corrected chi connectivity index (χ2v) is 4.98. The summed E-state index contributed by atoms with van der Waals surface area (Å²) in [5, 5.41) is 0. The number of hydrazine groups is 1. The van der Waals surface area contributed by atoms with Gasteiger partial charge in [0.1, 0.15) is 5.82 Å². The van der Waals surface area contributed by atoms with Crippen molar-refractivity contribution in [2.45, 2.75) is 32.2 Å². The van der Waals surface area contributed by atoms with Crippen molar-refractivity contribution in [2.24, 2.45) is 12.9 Å². The molecule has 20 heavy (non-hydrogen) atoms. The molecule has 5 nitrogen and oxygen atoms in total. The Morgan fingerprint density at radius 3 is 2.90 bits per heavy atom. The molecule has 0 fully saturated rings. The fourth-order valence-corrected chi connectivity index (χ4v) is 2.42. The highest BCUT2D eigenvalue weighted by Gasteiger charge is 2.13. The van der Waals surface area contributed by atoms with Crippen molar-refractivity contribution in [3.63, 3.8) is 0 Å². The van der Waals surface area contributed by atoms with E-state index >= 15 is 0 Å². The van der Waals surface area contributed by atoms with E-state index in [1.54, 1.807) is 0 Å². The lowest BCUT2D eigenvalue weighted by atomic mass is 10.1. The first kappa shape index (κ1) is 15.0. The van der Waals surface area contributed by atoms with E-state index in [1.165, 1.54) is 0 Å². The summed E-state index contributed by atoms with van der Waals surface area (Å²) >= 11 is 0. The number of imidazole rings is 1. The molecule has 2 aromatic rings. The summed E-state index contributed by atoms with van der Waals surface area (Å²) in [7, 11) is 2.05. The van der Waals surface area contributed by atoms with E-state index in [1.807, 2.05) is 25.1 Å². The Bertz CT molecular complexity index is 538. The largest absolute Gasteiger partial charge is 0.382 e. The summed E-state index contributed by atoms with van der Waals surface area (Å²) in [5.74, 6) is 6.71. The van der Waals surface area contributed by atoms with Gasteiger partial charge >= 0.3 is 0 Å². The first-order valence-electron chi connectivity index (χ1n) is 7.20. The number of aromatic nitrogens is 2. The predicted octanol–water partition coefficient (Wildman–Crippen LogP) is 1.76. The van der Waals surface area contributed by atoms with Crippen molar-refractivity contribution in [2.75, 3.05) is 13.2 Å². The smallest absolute Gasteiger partial charge is 0.111 e. The number of hydrogen-bond acceptors (Lipinski definition) is 4. The molecule has 0 aliphatic carbocycles. The van der Waals surface area contributed by atoms with Crippen LogP contribution in [0.3, 0.4) is 0 Å². The molecule has 1 atom stereocenters. The molecule has 2 rings (SSSR count). The zero-order valence-corrected chi connectivity index (χ0v) is 12.3.